The van der Waals surface area contributed by atoms with Gasteiger partial charge in [-0.05, 0) is 24.8 Å². The van der Waals surface area contributed by atoms with Crippen molar-refractivity contribution in [3.63, 3.8) is 0 Å². The Morgan fingerprint density at radius 2 is 1.42 bits per heavy atom. The molecule has 2 rings (SSSR count). The lowest BCUT2D eigenvalue weighted by Crippen LogP contribution is -2.01. The van der Waals surface area contributed by atoms with Gasteiger partial charge in [0, 0.05) is 18.0 Å². The van der Waals surface area contributed by atoms with E-state index in [0.29, 0.717) is 12.6 Å². The van der Waals surface area contributed by atoms with Crippen molar-refractivity contribution in [1.82, 2.24) is 9.97 Å². The molecule has 0 amide bonds. The molecule has 1 aromatic carbocycles. The third-order valence-corrected chi connectivity index (χ3v) is 4.02. The smallest absolute Gasteiger partial charge is 0.316 e. The van der Waals surface area contributed by atoms with Crippen LogP contribution in [0, 0.1) is 0 Å². The van der Waals surface area contributed by atoms with Crippen LogP contribution < -0.4 is 4.74 Å². The summed E-state index contributed by atoms with van der Waals surface area (Å²) in [6.45, 7) is 4.44. The van der Waals surface area contributed by atoms with Gasteiger partial charge in [0.05, 0.1) is 6.61 Å². The van der Waals surface area contributed by atoms with Gasteiger partial charge in [0.15, 0.2) is 0 Å². The molecule has 3 heteroatoms. The van der Waals surface area contributed by atoms with Gasteiger partial charge in [-0.25, -0.2) is 9.97 Å². The molecular weight excluding hydrogens is 296 g/mol. The number of allylic oxidation sites excluding steroid dienone is 1. The first-order valence-corrected chi connectivity index (χ1v) is 9.01. The number of unbranched alkanes of at least 4 members (excludes halogenated alkanes) is 7. The highest BCUT2D eigenvalue weighted by molar-refractivity contribution is 5.61. The van der Waals surface area contributed by atoms with E-state index in [2.05, 4.69) is 28.7 Å². The van der Waals surface area contributed by atoms with E-state index in [0.717, 1.165) is 24.0 Å². The minimum Gasteiger partial charge on any atom is -0.463 e. The Kier molecular flexibility index (Phi) is 8.63. The van der Waals surface area contributed by atoms with Crippen molar-refractivity contribution >= 4 is 0 Å². The van der Waals surface area contributed by atoms with E-state index in [4.69, 9.17) is 4.74 Å². The average Bonchev–Trinajstić information content (AvgIpc) is 2.64. The van der Waals surface area contributed by atoms with Gasteiger partial charge in [0.1, 0.15) is 0 Å². The summed E-state index contributed by atoms with van der Waals surface area (Å²) in [7, 11) is 0. The zero-order valence-electron chi connectivity index (χ0n) is 14.5. The summed E-state index contributed by atoms with van der Waals surface area (Å²) in [4.78, 5) is 8.58. The second-order valence-corrected chi connectivity index (χ2v) is 6.02. The second-order valence-electron chi connectivity index (χ2n) is 6.02. The molecule has 0 atom stereocenters. The molecule has 0 unspecified atom stereocenters. The van der Waals surface area contributed by atoms with Crippen LogP contribution in [-0.4, -0.2) is 16.6 Å². The number of benzene rings is 1. The Balaban J connectivity index is 1.56. The highest BCUT2D eigenvalue weighted by atomic mass is 16.5. The number of rotatable bonds is 12. The highest BCUT2D eigenvalue weighted by Crippen LogP contribution is 2.17. The lowest BCUT2D eigenvalue weighted by molar-refractivity contribution is 0.281. The lowest BCUT2D eigenvalue weighted by atomic mass is 10.1. The fourth-order valence-electron chi connectivity index (χ4n) is 2.61. The first-order chi connectivity index (χ1) is 11.9. The van der Waals surface area contributed by atoms with Crippen molar-refractivity contribution in [2.45, 2.75) is 51.4 Å². The van der Waals surface area contributed by atoms with E-state index in [1.165, 1.54) is 38.5 Å². The Morgan fingerprint density at radius 3 is 2.08 bits per heavy atom. The Morgan fingerprint density at radius 1 is 0.792 bits per heavy atom. The van der Waals surface area contributed by atoms with Gasteiger partial charge in [-0.15, -0.1) is 6.58 Å². The molecule has 0 bridgehead atoms. The largest absolute Gasteiger partial charge is 0.463 e. The molecule has 0 aliphatic carbocycles. The predicted octanol–water partition coefficient (Wildman–Crippen LogP) is 5.83. The minimum absolute atomic E-state index is 0.471. The zero-order valence-corrected chi connectivity index (χ0v) is 14.5. The molecule has 0 spiro atoms. The number of nitrogens with zero attached hydrogens (tertiary/aromatic N) is 2. The number of aromatic nitrogens is 2. The topological polar surface area (TPSA) is 35.0 Å². The fourth-order valence-corrected chi connectivity index (χ4v) is 2.61. The van der Waals surface area contributed by atoms with E-state index in [1.54, 1.807) is 0 Å². The van der Waals surface area contributed by atoms with Gasteiger partial charge in [-0.2, -0.15) is 0 Å². The summed E-state index contributed by atoms with van der Waals surface area (Å²) in [5.74, 6) is 0. The normalized spacial score (nSPS) is 10.5. The Hall–Kier alpha value is -2.16. The molecule has 0 aliphatic rings. The first kappa shape index (κ1) is 18.2. The van der Waals surface area contributed by atoms with Crippen LogP contribution in [0.4, 0.5) is 0 Å². The molecule has 128 valence electrons. The van der Waals surface area contributed by atoms with E-state index in [-0.39, 0.29) is 0 Å². The van der Waals surface area contributed by atoms with Crippen molar-refractivity contribution in [1.29, 1.82) is 0 Å². The quantitative estimate of drug-likeness (QED) is 0.364. The molecule has 3 nitrogen and oxygen atoms in total. The summed E-state index contributed by atoms with van der Waals surface area (Å²) >= 11 is 0. The Bertz CT molecular complexity index is 566. The van der Waals surface area contributed by atoms with E-state index >= 15 is 0 Å². The number of hydrogen-bond donors (Lipinski definition) is 0. The van der Waals surface area contributed by atoms with Crippen LogP contribution in [0.3, 0.4) is 0 Å². The standard InChI is InChI=1S/C21H28N2O/c1-2-3-4-5-6-7-8-9-13-16-24-21-22-17-20(18-23-21)19-14-11-10-12-15-19/h2,10-12,14-15,17-18H,1,3-9,13,16H2. The van der Waals surface area contributed by atoms with Gasteiger partial charge < -0.3 is 4.74 Å². The zero-order chi connectivity index (χ0) is 16.9. The summed E-state index contributed by atoms with van der Waals surface area (Å²) in [6, 6.07) is 10.6. The minimum atomic E-state index is 0.471. The number of ether oxygens (including phenoxy) is 1. The van der Waals surface area contributed by atoms with Crippen LogP contribution in [0.25, 0.3) is 11.1 Å². The SMILES string of the molecule is C=CCCCCCCCCCOc1ncc(-c2ccccc2)cn1. The molecule has 1 heterocycles. The number of hydrogen-bond acceptors (Lipinski definition) is 3. The molecule has 1 aromatic heterocycles. The third kappa shape index (κ3) is 6.95. The fraction of sp³-hybridized carbons (Fsp3) is 0.429. The average molecular weight is 324 g/mol. The van der Waals surface area contributed by atoms with E-state index in [9.17, 15) is 0 Å². The summed E-state index contributed by atoms with van der Waals surface area (Å²) in [5.41, 5.74) is 2.14. The molecule has 0 aliphatic heterocycles. The van der Waals surface area contributed by atoms with E-state index < -0.39 is 0 Å². The van der Waals surface area contributed by atoms with Crippen LogP contribution in [0.2, 0.25) is 0 Å². The highest BCUT2D eigenvalue weighted by Gasteiger charge is 2.01. The molecule has 0 saturated heterocycles. The van der Waals surface area contributed by atoms with E-state index in [1.807, 2.05) is 36.7 Å². The summed E-state index contributed by atoms with van der Waals surface area (Å²) < 4.78 is 5.62. The third-order valence-electron chi connectivity index (χ3n) is 4.02. The van der Waals surface area contributed by atoms with Gasteiger partial charge in [-0.3, -0.25) is 0 Å². The molecule has 24 heavy (non-hydrogen) atoms. The van der Waals surface area contributed by atoms with Crippen LogP contribution in [-0.2, 0) is 0 Å². The predicted molar refractivity (Wildman–Crippen MR) is 100 cm³/mol. The van der Waals surface area contributed by atoms with Crippen LogP contribution in [0.5, 0.6) is 6.01 Å². The van der Waals surface area contributed by atoms with Gasteiger partial charge in [0.25, 0.3) is 0 Å². The van der Waals surface area contributed by atoms with Crippen molar-refractivity contribution in [3.8, 4) is 17.1 Å². The van der Waals surface area contributed by atoms with Crippen molar-refractivity contribution in [3.05, 3.63) is 55.4 Å². The molecule has 0 N–H and O–H groups in total. The molecule has 0 radical (unpaired) electrons. The Labute approximate surface area is 145 Å². The maximum absolute atomic E-state index is 5.62. The lowest BCUT2D eigenvalue weighted by Gasteiger charge is -2.05. The second kappa shape index (κ2) is 11.4. The van der Waals surface area contributed by atoms with Gasteiger partial charge >= 0.3 is 6.01 Å². The summed E-state index contributed by atoms with van der Waals surface area (Å²) in [6.07, 6.45) is 15.6. The van der Waals surface area contributed by atoms with Crippen molar-refractivity contribution in [2.24, 2.45) is 0 Å². The van der Waals surface area contributed by atoms with Crippen molar-refractivity contribution in [2.75, 3.05) is 6.61 Å². The monoisotopic (exact) mass is 324 g/mol. The van der Waals surface area contributed by atoms with Crippen LogP contribution >= 0.6 is 0 Å². The van der Waals surface area contributed by atoms with Crippen LogP contribution in [0.1, 0.15) is 51.4 Å². The molecule has 0 fully saturated rings. The molecular formula is C21H28N2O. The van der Waals surface area contributed by atoms with Crippen molar-refractivity contribution < 1.29 is 4.74 Å². The van der Waals surface area contributed by atoms with Gasteiger partial charge in [-0.1, -0.05) is 68.5 Å². The van der Waals surface area contributed by atoms with Crippen LogP contribution in [0.15, 0.2) is 55.4 Å². The van der Waals surface area contributed by atoms with Gasteiger partial charge in [0.2, 0.25) is 0 Å². The molecule has 0 saturated carbocycles. The summed E-state index contributed by atoms with van der Waals surface area (Å²) in [5, 5.41) is 0. The maximum atomic E-state index is 5.62. The first-order valence-electron chi connectivity index (χ1n) is 9.01. The maximum Gasteiger partial charge on any atom is 0.316 e. The molecule has 2 aromatic rings.